The fourth-order valence-corrected chi connectivity index (χ4v) is 2.05. The van der Waals surface area contributed by atoms with Gasteiger partial charge in [0.1, 0.15) is 0 Å². The maximum Gasteiger partial charge on any atom is 0.187 e. The second-order valence-electron chi connectivity index (χ2n) is 3.24. The first-order valence-corrected chi connectivity index (χ1v) is 5.10. The number of hydrogen-bond acceptors (Lipinski definition) is 3. The van der Waals surface area contributed by atoms with Crippen LogP contribution in [0.3, 0.4) is 0 Å². The molecule has 13 heavy (non-hydrogen) atoms. The van der Waals surface area contributed by atoms with Crippen LogP contribution in [0.15, 0.2) is 0 Å². The van der Waals surface area contributed by atoms with E-state index in [9.17, 15) is 0 Å². The van der Waals surface area contributed by atoms with Crippen molar-refractivity contribution >= 4 is 23.2 Å². The molecule has 1 aliphatic rings. The summed E-state index contributed by atoms with van der Waals surface area (Å²) in [6, 6.07) is 0. The normalized spacial score (nSPS) is 21.7. The largest absolute Gasteiger partial charge is 0.227 e. The van der Waals surface area contributed by atoms with Crippen molar-refractivity contribution in [3.63, 3.8) is 0 Å². The Morgan fingerprint density at radius 2 is 2.08 bits per heavy atom. The van der Waals surface area contributed by atoms with Gasteiger partial charge in [0.2, 0.25) is 0 Å². The summed E-state index contributed by atoms with van der Waals surface area (Å²) in [5, 5.41) is 11.3. The predicted octanol–water partition coefficient (Wildman–Crippen LogP) is 1.88. The molecule has 0 spiro atoms. The van der Waals surface area contributed by atoms with E-state index in [0.29, 0.717) is 5.82 Å². The number of hydrogen-bond donors (Lipinski definition) is 0. The molecule has 0 atom stereocenters. The molecule has 1 aromatic heterocycles. The molecule has 0 aliphatic carbocycles. The van der Waals surface area contributed by atoms with Crippen LogP contribution in [0.2, 0.25) is 0 Å². The van der Waals surface area contributed by atoms with Gasteiger partial charge >= 0.3 is 0 Å². The Hall–Kier alpha value is -0.350. The van der Waals surface area contributed by atoms with E-state index < -0.39 is 4.33 Å². The van der Waals surface area contributed by atoms with Gasteiger partial charge in [0.15, 0.2) is 10.2 Å². The van der Waals surface area contributed by atoms with Crippen LogP contribution in [0, 0.1) is 0 Å². The number of nitrogens with zero attached hydrogens (tertiary/aromatic N) is 4. The Labute approximate surface area is 86.2 Å². The molecule has 0 aromatic carbocycles. The molecule has 0 bridgehead atoms. The standard InChI is InChI=1S/C7H10Cl2N4/c8-7(9)4-2-1-3-5-13-6(7)10-11-12-13/h1-5H2. The number of alkyl halides is 2. The van der Waals surface area contributed by atoms with Gasteiger partial charge in [-0.2, -0.15) is 0 Å². The summed E-state index contributed by atoms with van der Waals surface area (Å²) in [5.41, 5.74) is 0. The summed E-state index contributed by atoms with van der Waals surface area (Å²) in [6.45, 7) is 0.809. The van der Waals surface area contributed by atoms with Crippen molar-refractivity contribution < 1.29 is 0 Å². The van der Waals surface area contributed by atoms with Crippen molar-refractivity contribution in [3.05, 3.63) is 5.82 Å². The van der Waals surface area contributed by atoms with Gasteiger partial charge in [0.05, 0.1) is 0 Å². The lowest BCUT2D eigenvalue weighted by molar-refractivity contribution is 0.455. The van der Waals surface area contributed by atoms with Crippen LogP contribution in [0.4, 0.5) is 0 Å². The molecule has 0 saturated heterocycles. The highest BCUT2D eigenvalue weighted by Crippen LogP contribution is 2.38. The Balaban J connectivity index is 2.36. The molecule has 0 radical (unpaired) electrons. The molecule has 6 heteroatoms. The zero-order valence-electron chi connectivity index (χ0n) is 7.08. The van der Waals surface area contributed by atoms with E-state index in [2.05, 4.69) is 15.5 Å². The van der Waals surface area contributed by atoms with E-state index in [4.69, 9.17) is 23.2 Å². The van der Waals surface area contributed by atoms with Gasteiger partial charge < -0.3 is 0 Å². The Morgan fingerprint density at radius 3 is 2.92 bits per heavy atom. The van der Waals surface area contributed by atoms with Crippen molar-refractivity contribution in [1.29, 1.82) is 0 Å². The van der Waals surface area contributed by atoms with Crippen molar-refractivity contribution in [2.24, 2.45) is 0 Å². The van der Waals surface area contributed by atoms with Gasteiger partial charge in [-0.3, -0.25) is 0 Å². The van der Waals surface area contributed by atoms with E-state index in [0.717, 1.165) is 32.2 Å². The van der Waals surface area contributed by atoms with Crippen molar-refractivity contribution in [3.8, 4) is 0 Å². The third kappa shape index (κ3) is 1.79. The molecule has 0 saturated carbocycles. The van der Waals surface area contributed by atoms with Crippen LogP contribution in [-0.2, 0) is 10.9 Å². The van der Waals surface area contributed by atoms with E-state index in [1.807, 2.05) is 0 Å². The molecule has 0 unspecified atom stereocenters. The topological polar surface area (TPSA) is 43.6 Å². The van der Waals surface area contributed by atoms with E-state index in [1.165, 1.54) is 0 Å². The Morgan fingerprint density at radius 1 is 1.23 bits per heavy atom. The van der Waals surface area contributed by atoms with Crippen LogP contribution in [0.5, 0.6) is 0 Å². The summed E-state index contributed by atoms with van der Waals surface area (Å²) in [4.78, 5) is 0. The van der Waals surface area contributed by atoms with E-state index >= 15 is 0 Å². The second kappa shape index (κ2) is 3.42. The second-order valence-corrected chi connectivity index (χ2v) is 4.72. The Bertz CT molecular complexity index is 296. The average Bonchev–Trinajstić information content (AvgIpc) is 2.49. The first-order chi connectivity index (χ1) is 6.20. The molecular weight excluding hydrogens is 211 g/mol. The zero-order chi connectivity index (χ0) is 9.31. The summed E-state index contributed by atoms with van der Waals surface area (Å²) in [7, 11) is 0. The maximum absolute atomic E-state index is 6.12. The lowest BCUT2D eigenvalue weighted by Crippen LogP contribution is -2.21. The highest BCUT2D eigenvalue weighted by molar-refractivity contribution is 6.47. The minimum absolute atomic E-state index is 0.579. The highest BCUT2D eigenvalue weighted by atomic mass is 35.5. The number of aromatic nitrogens is 4. The summed E-state index contributed by atoms with van der Waals surface area (Å²) in [5.74, 6) is 0.579. The first kappa shape index (κ1) is 9.21. The minimum atomic E-state index is -0.913. The minimum Gasteiger partial charge on any atom is -0.227 e. The number of rotatable bonds is 0. The molecule has 0 fully saturated rings. The Kier molecular flexibility index (Phi) is 2.43. The van der Waals surface area contributed by atoms with Gasteiger partial charge in [-0.05, 0) is 29.7 Å². The number of fused-ring (bicyclic) bond motifs is 1. The highest BCUT2D eigenvalue weighted by Gasteiger charge is 2.33. The third-order valence-electron chi connectivity index (χ3n) is 2.22. The molecule has 2 rings (SSSR count). The van der Waals surface area contributed by atoms with Crippen LogP contribution in [-0.4, -0.2) is 20.2 Å². The predicted molar refractivity (Wildman–Crippen MR) is 49.7 cm³/mol. The molecule has 4 nitrogen and oxygen atoms in total. The number of aryl methyl sites for hydroxylation is 1. The molecule has 0 amide bonds. The maximum atomic E-state index is 6.12. The van der Waals surface area contributed by atoms with Gasteiger partial charge in [-0.25, -0.2) is 4.68 Å². The fraction of sp³-hybridized carbons (Fsp3) is 0.857. The van der Waals surface area contributed by atoms with Crippen molar-refractivity contribution in [1.82, 2.24) is 20.2 Å². The summed E-state index contributed by atoms with van der Waals surface area (Å²) < 4.78 is 0.781. The summed E-state index contributed by atoms with van der Waals surface area (Å²) >= 11 is 12.2. The van der Waals surface area contributed by atoms with Crippen LogP contribution in [0.1, 0.15) is 31.5 Å². The fourth-order valence-electron chi connectivity index (χ4n) is 1.51. The molecular formula is C7H10Cl2N4. The van der Waals surface area contributed by atoms with Crippen molar-refractivity contribution in [2.45, 2.75) is 36.6 Å². The van der Waals surface area contributed by atoms with Gasteiger partial charge in [0, 0.05) is 6.54 Å². The van der Waals surface area contributed by atoms with Crippen molar-refractivity contribution in [2.75, 3.05) is 0 Å². The summed E-state index contributed by atoms with van der Waals surface area (Å²) in [6.07, 6.45) is 3.96. The SMILES string of the molecule is ClC1(Cl)CCCCCn2nnnc21. The van der Waals surface area contributed by atoms with Gasteiger partial charge in [-0.15, -0.1) is 5.10 Å². The van der Waals surface area contributed by atoms with E-state index in [-0.39, 0.29) is 0 Å². The van der Waals surface area contributed by atoms with E-state index in [1.54, 1.807) is 4.68 Å². The third-order valence-corrected chi connectivity index (χ3v) is 2.94. The monoisotopic (exact) mass is 220 g/mol. The van der Waals surface area contributed by atoms with Gasteiger partial charge in [0.25, 0.3) is 0 Å². The molecule has 2 heterocycles. The van der Waals surface area contributed by atoms with Crippen LogP contribution in [0.25, 0.3) is 0 Å². The lowest BCUT2D eigenvalue weighted by atomic mass is 10.1. The first-order valence-electron chi connectivity index (χ1n) is 4.34. The average molecular weight is 221 g/mol. The molecule has 1 aromatic rings. The quantitative estimate of drug-likeness (QED) is 0.628. The number of halogens is 2. The molecule has 72 valence electrons. The lowest BCUT2D eigenvalue weighted by Gasteiger charge is -2.20. The van der Waals surface area contributed by atoms with Gasteiger partial charge in [-0.1, -0.05) is 29.6 Å². The zero-order valence-corrected chi connectivity index (χ0v) is 8.59. The molecule has 0 N–H and O–H groups in total. The van der Waals surface area contributed by atoms with Crippen LogP contribution >= 0.6 is 23.2 Å². The van der Waals surface area contributed by atoms with Crippen LogP contribution < -0.4 is 0 Å². The smallest absolute Gasteiger partial charge is 0.187 e. The number of tetrazole rings is 1. The molecule has 1 aliphatic heterocycles.